The lowest BCUT2D eigenvalue weighted by atomic mass is 10.2. The van der Waals surface area contributed by atoms with Crippen LogP contribution in [0.25, 0.3) is 0 Å². The van der Waals surface area contributed by atoms with Gasteiger partial charge in [0.25, 0.3) is 5.91 Å². The Morgan fingerprint density at radius 3 is 2.83 bits per heavy atom. The fourth-order valence-corrected chi connectivity index (χ4v) is 6.71. The van der Waals surface area contributed by atoms with E-state index >= 15 is 0 Å². The number of methoxy groups -OCH3 is 1. The van der Waals surface area contributed by atoms with Gasteiger partial charge in [-0.2, -0.15) is 4.99 Å². The Hall–Kier alpha value is -1.52. The fraction of sp³-hybridized carbons (Fsp3) is 0.429. The normalized spacial score (nSPS) is 26.8. The van der Waals surface area contributed by atoms with Crippen LogP contribution in [0.4, 0.5) is 14.5 Å². The maximum atomic E-state index is 14.2. The molecule has 2 saturated heterocycles. The molecule has 2 aliphatic rings. The molecular weight excluding hydrogens is 362 g/mol. The van der Waals surface area contributed by atoms with Crippen molar-refractivity contribution in [1.82, 2.24) is 0 Å². The molecule has 1 aromatic carbocycles. The minimum Gasteiger partial charge on any atom is -0.375 e. The summed E-state index contributed by atoms with van der Waals surface area (Å²) in [5.74, 6) is -2.38. The van der Waals surface area contributed by atoms with Crippen LogP contribution in [0.5, 0.6) is 0 Å². The molecule has 2 fully saturated rings. The number of fused-ring (bicyclic) bond motifs is 1. The van der Waals surface area contributed by atoms with E-state index < -0.39 is 33.4 Å². The van der Waals surface area contributed by atoms with E-state index in [-0.39, 0.29) is 34.2 Å². The summed E-state index contributed by atoms with van der Waals surface area (Å²) in [6, 6.07) is 2.46. The first-order valence-corrected chi connectivity index (χ1v) is 9.72. The molecule has 1 aromatic rings. The Labute approximate surface area is 141 Å². The molecule has 1 amide bonds. The number of anilines is 1. The summed E-state index contributed by atoms with van der Waals surface area (Å²) in [5.41, 5.74) is -0.00235. The molecule has 0 spiro atoms. The summed E-state index contributed by atoms with van der Waals surface area (Å²) < 4.78 is 55.8. The Morgan fingerprint density at radius 2 is 2.17 bits per heavy atom. The number of sulfone groups is 1. The summed E-state index contributed by atoms with van der Waals surface area (Å²) in [7, 11) is -1.91. The molecule has 0 aromatic heterocycles. The van der Waals surface area contributed by atoms with Crippen molar-refractivity contribution in [2.75, 3.05) is 30.1 Å². The van der Waals surface area contributed by atoms with E-state index in [1.165, 1.54) is 18.1 Å². The van der Waals surface area contributed by atoms with Gasteiger partial charge in [-0.1, -0.05) is 11.8 Å². The molecule has 24 heavy (non-hydrogen) atoms. The summed E-state index contributed by atoms with van der Waals surface area (Å²) in [6.07, 6.45) is 0. The predicted molar refractivity (Wildman–Crippen MR) is 87.0 cm³/mol. The van der Waals surface area contributed by atoms with Crippen molar-refractivity contribution in [2.24, 2.45) is 4.99 Å². The second-order valence-electron chi connectivity index (χ2n) is 5.49. The lowest BCUT2D eigenvalue weighted by Crippen LogP contribution is -2.38. The number of thioether (sulfide) groups is 1. The zero-order chi connectivity index (χ0) is 17.5. The van der Waals surface area contributed by atoms with Crippen LogP contribution in [-0.2, 0) is 19.4 Å². The molecule has 2 atom stereocenters. The molecule has 0 N–H and O–H groups in total. The molecule has 0 bridgehead atoms. The summed E-state index contributed by atoms with van der Waals surface area (Å²) >= 11 is 1.11. The zero-order valence-electron chi connectivity index (χ0n) is 12.6. The van der Waals surface area contributed by atoms with E-state index in [1.54, 1.807) is 0 Å². The van der Waals surface area contributed by atoms with Gasteiger partial charge in [0, 0.05) is 18.4 Å². The minimum absolute atomic E-state index is 0.00235. The average Bonchev–Trinajstić information content (AvgIpc) is 2.91. The molecule has 2 heterocycles. The summed E-state index contributed by atoms with van der Waals surface area (Å²) in [6.45, 7) is -0.239. The number of hydrogen-bond donors (Lipinski definition) is 0. The number of ether oxygens (including phenoxy) is 1. The lowest BCUT2D eigenvalue weighted by molar-refractivity contribution is -0.121. The Kier molecular flexibility index (Phi) is 4.63. The third kappa shape index (κ3) is 3.31. The highest BCUT2D eigenvalue weighted by Crippen LogP contribution is 2.41. The monoisotopic (exact) mass is 376 g/mol. The van der Waals surface area contributed by atoms with Crippen molar-refractivity contribution in [3.8, 4) is 0 Å². The van der Waals surface area contributed by atoms with Crippen LogP contribution >= 0.6 is 11.8 Å². The van der Waals surface area contributed by atoms with Crippen molar-refractivity contribution in [3.63, 3.8) is 0 Å². The molecule has 130 valence electrons. The molecule has 0 radical (unpaired) electrons. The number of amides is 1. The quantitative estimate of drug-likeness (QED) is 0.789. The van der Waals surface area contributed by atoms with E-state index in [4.69, 9.17) is 4.74 Å². The number of hydrogen-bond acceptors (Lipinski definition) is 5. The van der Waals surface area contributed by atoms with Gasteiger partial charge >= 0.3 is 0 Å². The molecule has 10 heteroatoms. The highest BCUT2D eigenvalue weighted by Gasteiger charge is 2.50. The highest BCUT2D eigenvalue weighted by atomic mass is 32.2. The number of rotatable bonds is 3. The van der Waals surface area contributed by atoms with Crippen LogP contribution in [-0.4, -0.2) is 56.0 Å². The standard InChI is InChI=1S/C14H14F2N2O4S2/c1-22-5-13(19)17-14-18(10-3-2-8(15)4-9(10)16)11-6-24(20,21)7-12(11)23-14/h2-4,11-12H,5-7H2,1H3/t11-,12+/m0/s1. The third-order valence-electron chi connectivity index (χ3n) is 3.72. The average molecular weight is 376 g/mol. The first kappa shape index (κ1) is 17.3. The van der Waals surface area contributed by atoms with Crippen molar-refractivity contribution < 1.29 is 26.7 Å². The number of aliphatic imine (C=N–C) groups is 1. The molecule has 2 aliphatic heterocycles. The Balaban J connectivity index is 2.03. The molecule has 0 saturated carbocycles. The van der Waals surface area contributed by atoms with Gasteiger partial charge in [-0.05, 0) is 12.1 Å². The molecular formula is C14H14F2N2O4S2. The molecule has 0 unspecified atom stereocenters. The van der Waals surface area contributed by atoms with Crippen LogP contribution in [0.1, 0.15) is 0 Å². The van der Waals surface area contributed by atoms with Gasteiger partial charge in [-0.15, -0.1) is 0 Å². The number of amidine groups is 1. The maximum Gasteiger partial charge on any atom is 0.274 e. The van der Waals surface area contributed by atoms with Gasteiger partial charge in [0.05, 0.1) is 23.2 Å². The van der Waals surface area contributed by atoms with Crippen LogP contribution in [0, 0.1) is 11.6 Å². The van der Waals surface area contributed by atoms with E-state index in [0.717, 1.165) is 17.8 Å². The van der Waals surface area contributed by atoms with Crippen molar-refractivity contribution >= 4 is 38.4 Å². The number of nitrogens with zero attached hydrogens (tertiary/aromatic N) is 2. The Morgan fingerprint density at radius 1 is 1.42 bits per heavy atom. The van der Waals surface area contributed by atoms with Crippen LogP contribution in [0.15, 0.2) is 23.2 Å². The van der Waals surface area contributed by atoms with Gasteiger partial charge in [0.1, 0.15) is 18.2 Å². The smallest absolute Gasteiger partial charge is 0.274 e. The van der Waals surface area contributed by atoms with E-state index in [0.29, 0.717) is 6.07 Å². The first-order valence-electron chi connectivity index (χ1n) is 7.02. The number of halogens is 2. The molecule has 0 aliphatic carbocycles. The zero-order valence-corrected chi connectivity index (χ0v) is 14.2. The van der Waals surface area contributed by atoms with Crippen molar-refractivity contribution in [3.05, 3.63) is 29.8 Å². The Bertz CT molecular complexity index is 813. The van der Waals surface area contributed by atoms with Gasteiger partial charge in [0.2, 0.25) is 0 Å². The number of carbonyl (C=O) groups is 1. The van der Waals surface area contributed by atoms with Gasteiger partial charge in [-0.3, -0.25) is 4.79 Å². The second-order valence-corrected chi connectivity index (χ2v) is 8.85. The summed E-state index contributed by atoms with van der Waals surface area (Å²) in [5, 5.41) is -0.152. The van der Waals surface area contributed by atoms with Crippen LogP contribution < -0.4 is 4.90 Å². The third-order valence-corrected chi connectivity index (χ3v) is 6.93. The minimum atomic E-state index is -3.25. The van der Waals surface area contributed by atoms with E-state index in [9.17, 15) is 22.0 Å². The lowest BCUT2D eigenvalue weighted by Gasteiger charge is -2.24. The van der Waals surface area contributed by atoms with Crippen LogP contribution in [0.3, 0.4) is 0 Å². The van der Waals surface area contributed by atoms with Crippen molar-refractivity contribution in [2.45, 2.75) is 11.3 Å². The number of benzene rings is 1. The van der Waals surface area contributed by atoms with Crippen molar-refractivity contribution in [1.29, 1.82) is 0 Å². The topological polar surface area (TPSA) is 76.0 Å². The SMILES string of the molecule is COCC(=O)N=C1S[C@@H]2CS(=O)(=O)C[C@@H]2N1c1ccc(F)cc1F. The van der Waals surface area contributed by atoms with Gasteiger partial charge < -0.3 is 9.64 Å². The van der Waals surface area contributed by atoms with Gasteiger partial charge in [0.15, 0.2) is 15.0 Å². The molecule has 3 rings (SSSR count). The second kappa shape index (κ2) is 6.41. The maximum absolute atomic E-state index is 14.2. The van der Waals surface area contributed by atoms with E-state index in [1.807, 2.05) is 0 Å². The first-order chi connectivity index (χ1) is 11.3. The fourth-order valence-electron chi connectivity index (χ4n) is 2.79. The number of carbonyl (C=O) groups excluding carboxylic acids is 1. The van der Waals surface area contributed by atoms with Crippen LogP contribution in [0.2, 0.25) is 0 Å². The van der Waals surface area contributed by atoms with Gasteiger partial charge in [-0.25, -0.2) is 17.2 Å². The summed E-state index contributed by atoms with van der Waals surface area (Å²) in [4.78, 5) is 17.0. The molecule has 6 nitrogen and oxygen atoms in total. The highest BCUT2D eigenvalue weighted by molar-refractivity contribution is 8.16. The predicted octanol–water partition coefficient (Wildman–Crippen LogP) is 1.21. The largest absolute Gasteiger partial charge is 0.375 e. The van der Waals surface area contributed by atoms with E-state index in [2.05, 4.69) is 4.99 Å².